The van der Waals surface area contributed by atoms with E-state index < -0.39 is 5.97 Å². The van der Waals surface area contributed by atoms with Gasteiger partial charge in [0.25, 0.3) is 0 Å². The summed E-state index contributed by atoms with van der Waals surface area (Å²) in [5.41, 5.74) is 0.797. The fourth-order valence-electron chi connectivity index (χ4n) is 2.54. The van der Waals surface area contributed by atoms with Gasteiger partial charge in [0.2, 0.25) is 0 Å². The zero-order chi connectivity index (χ0) is 15.2. The Hall–Kier alpha value is -1.69. The number of thioether (sulfide) groups is 1. The van der Waals surface area contributed by atoms with Gasteiger partial charge in [-0.1, -0.05) is 6.42 Å². The first kappa shape index (κ1) is 15.7. The molecule has 0 spiro atoms. The second-order valence-corrected chi connectivity index (χ2v) is 6.34. The van der Waals surface area contributed by atoms with Crippen molar-refractivity contribution in [3.05, 3.63) is 29.8 Å². The quantitative estimate of drug-likeness (QED) is 0.798. The first-order chi connectivity index (χ1) is 10.1. The summed E-state index contributed by atoms with van der Waals surface area (Å²) in [6.07, 6.45) is 6.49. The Morgan fingerprint density at radius 1 is 1.24 bits per heavy atom. The molecule has 0 heterocycles. The van der Waals surface area contributed by atoms with Crippen molar-refractivity contribution < 1.29 is 14.7 Å². The summed E-state index contributed by atoms with van der Waals surface area (Å²) in [5, 5.41) is 15.2. The van der Waals surface area contributed by atoms with Crippen LogP contribution in [0.2, 0.25) is 0 Å². The maximum Gasteiger partial charge on any atom is 0.335 e. The van der Waals surface area contributed by atoms with Gasteiger partial charge in [-0.05, 0) is 49.8 Å². The van der Waals surface area contributed by atoms with Gasteiger partial charge in [-0.15, -0.1) is 0 Å². The molecule has 2 amide bonds. The Morgan fingerprint density at radius 3 is 2.57 bits per heavy atom. The third-order valence-electron chi connectivity index (χ3n) is 3.68. The van der Waals surface area contributed by atoms with Crippen LogP contribution in [0.25, 0.3) is 0 Å². The average Bonchev–Trinajstić information content (AvgIpc) is 2.47. The number of aromatic carboxylic acids is 1. The number of amides is 2. The fraction of sp³-hybridized carbons (Fsp3) is 0.467. The number of hydrogen-bond donors (Lipinski definition) is 3. The number of carbonyl (C=O) groups excluding carboxylic acids is 1. The van der Waals surface area contributed by atoms with Crippen molar-refractivity contribution in [2.45, 2.75) is 37.0 Å². The van der Waals surface area contributed by atoms with Crippen molar-refractivity contribution in [2.24, 2.45) is 0 Å². The van der Waals surface area contributed by atoms with Crippen LogP contribution < -0.4 is 10.6 Å². The van der Waals surface area contributed by atoms with E-state index in [4.69, 9.17) is 5.11 Å². The normalized spacial score (nSPS) is 21.6. The van der Waals surface area contributed by atoms with Gasteiger partial charge in [-0.3, -0.25) is 0 Å². The highest BCUT2D eigenvalue weighted by atomic mass is 32.2. The number of carbonyl (C=O) groups is 2. The van der Waals surface area contributed by atoms with Gasteiger partial charge in [-0.25, -0.2) is 9.59 Å². The number of urea groups is 1. The molecule has 21 heavy (non-hydrogen) atoms. The van der Waals surface area contributed by atoms with Crippen LogP contribution >= 0.6 is 11.8 Å². The van der Waals surface area contributed by atoms with E-state index >= 15 is 0 Å². The Labute approximate surface area is 128 Å². The highest BCUT2D eigenvalue weighted by Crippen LogP contribution is 2.26. The number of nitrogens with one attached hydrogen (secondary N) is 2. The molecule has 2 unspecified atom stereocenters. The maximum absolute atomic E-state index is 11.9. The van der Waals surface area contributed by atoms with E-state index in [9.17, 15) is 9.59 Å². The Kier molecular flexibility index (Phi) is 5.50. The zero-order valence-electron chi connectivity index (χ0n) is 12.0. The third kappa shape index (κ3) is 4.67. The summed E-state index contributed by atoms with van der Waals surface area (Å²) in [6.45, 7) is 0. The van der Waals surface area contributed by atoms with Crippen LogP contribution in [0.3, 0.4) is 0 Å². The molecule has 0 radical (unpaired) electrons. The number of carboxylic acid groups (broad SMARTS) is 1. The van der Waals surface area contributed by atoms with Crippen LogP contribution in [-0.4, -0.2) is 34.7 Å². The maximum atomic E-state index is 11.9. The van der Waals surface area contributed by atoms with Gasteiger partial charge in [-0.2, -0.15) is 11.8 Å². The minimum absolute atomic E-state index is 0.205. The van der Waals surface area contributed by atoms with Gasteiger partial charge in [0, 0.05) is 17.0 Å². The smallest absolute Gasteiger partial charge is 0.335 e. The molecule has 5 nitrogen and oxygen atoms in total. The second kappa shape index (κ2) is 7.36. The summed E-state index contributed by atoms with van der Waals surface area (Å²) < 4.78 is 0. The number of carboxylic acids is 1. The topological polar surface area (TPSA) is 78.4 Å². The lowest BCUT2D eigenvalue weighted by Gasteiger charge is -2.28. The highest BCUT2D eigenvalue weighted by molar-refractivity contribution is 7.99. The van der Waals surface area contributed by atoms with E-state index in [0.29, 0.717) is 10.9 Å². The predicted molar refractivity (Wildman–Crippen MR) is 85.1 cm³/mol. The first-order valence-corrected chi connectivity index (χ1v) is 8.31. The highest BCUT2D eigenvalue weighted by Gasteiger charge is 2.22. The average molecular weight is 308 g/mol. The van der Waals surface area contributed by atoms with Crippen molar-refractivity contribution in [3.8, 4) is 0 Å². The summed E-state index contributed by atoms with van der Waals surface area (Å²) >= 11 is 1.86. The lowest BCUT2D eigenvalue weighted by molar-refractivity contribution is 0.0697. The van der Waals surface area contributed by atoms with E-state index in [1.54, 1.807) is 12.1 Å². The molecule has 0 saturated heterocycles. The van der Waals surface area contributed by atoms with Crippen LogP contribution in [0.15, 0.2) is 24.3 Å². The molecule has 114 valence electrons. The van der Waals surface area contributed by atoms with Crippen LogP contribution in [0.4, 0.5) is 10.5 Å². The van der Waals surface area contributed by atoms with Gasteiger partial charge < -0.3 is 15.7 Å². The number of anilines is 1. The van der Waals surface area contributed by atoms with E-state index in [-0.39, 0.29) is 17.6 Å². The van der Waals surface area contributed by atoms with Crippen LogP contribution in [0.5, 0.6) is 0 Å². The van der Waals surface area contributed by atoms with E-state index in [2.05, 4.69) is 16.9 Å². The number of hydrogen-bond acceptors (Lipinski definition) is 3. The van der Waals surface area contributed by atoms with Crippen molar-refractivity contribution in [2.75, 3.05) is 11.6 Å². The molecule has 0 aromatic heterocycles. The minimum Gasteiger partial charge on any atom is -0.478 e. The molecule has 2 rings (SSSR count). The second-order valence-electron chi connectivity index (χ2n) is 5.20. The molecular weight excluding hydrogens is 288 g/mol. The molecule has 0 aliphatic heterocycles. The molecule has 1 aromatic carbocycles. The molecule has 1 saturated carbocycles. The van der Waals surface area contributed by atoms with Crippen LogP contribution in [-0.2, 0) is 0 Å². The van der Waals surface area contributed by atoms with Gasteiger partial charge in [0.05, 0.1) is 5.56 Å². The first-order valence-electron chi connectivity index (χ1n) is 7.02. The number of benzene rings is 1. The molecular formula is C15H20N2O3S. The summed E-state index contributed by atoms with van der Waals surface area (Å²) in [4.78, 5) is 22.7. The summed E-state index contributed by atoms with van der Waals surface area (Å²) in [6, 6.07) is 6.12. The van der Waals surface area contributed by atoms with Crippen molar-refractivity contribution in [1.29, 1.82) is 0 Å². The Bertz CT molecular complexity index is 504. The van der Waals surface area contributed by atoms with E-state index in [1.165, 1.54) is 18.6 Å². The lowest BCUT2D eigenvalue weighted by Crippen LogP contribution is -2.41. The Morgan fingerprint density at radius 2 is 1.95 bits per heavy atom. The van der Waals surface area contributed by atoms with Crippen LogP contribution in [0.1, 0.15) is 36.0 Å². The van der Waals surface area contributed by atoms with E-state index in [1.807, 2.05) is 11.8 Å². The minimum atomic E-state index is -0.976. The molecule has 1 fully saturated rings. The summed E-state index contributed by atoms with van der Waals surface area (Å²) in [7, 11) is 0. The summed E-state index contributed by atoms with van der Waals surface area (Å²) in [5.74, 6) is -0.976. The SMILES string of the molecule is CSC1CCCC(NC(=O)Nc2ccc(C(=O)O)cc2)C1. The van der Waals surface area contributed by atoms with Gasteiger partial charge in [0.15, 0.2) is 0 Å². The third-order valence-corrected chi connectivity index (χ3v) is 4.78. The van der Waals surface area contributed by atoms with Gasteiger partial charge in [0.1, 0.15) is 0 Å². The zero-order valence-corrected chi connectivity index (χ0v) is 12.8. The standard InChI is InChI=1S/C15H20N2O3S/c1-21-13-4-2-3-12(9-13)17-15(20)16-11-7-5-10(6-8-11)14(18)19/h5-8,12-13H,2-4,9H2,1H3,(H,18,19)(H2,16,17,20). The lowest BCUT2D eigenvalue weighted by atomic mass is 9.95. The van der Waals surface area contributed by atoms with Crippen molar-refractivity contribution in [3.63, 3.8) is 0 Å². The van der Waals surface area contributed by atoms with Crippen LogP contribution in [0, 0.1) is 0 Å². The van der Waals surface area contributed by atoms with Crippen molar-refractivity contribution >= 4 is 29.4 Å². The monoisotopic (exact) mass is 308 g/mol. The molecule has 1 aliphatic rings. The van der Waals surface area contributed by atoms with E-state index in [0.717, 1.165) is 19.3 Å². The predicted octanol–water partition coefficient (Wildman–Crippen LogP) is 3.18. The fourth-order valence-corrected chi connectivity index (χ4v) is 3.37. The molecule has 3 N–H and O–H groups in total. The molecule has 2 atom stereocenters. The molecule has 0 bridgehead atoms. The van der Waals surface area contributed by atoms with Crippen molar-refractivity contribution in [1.82, 2.24) is 5.32 Å². The van der Waals surface area contributed by atoms with Gasteiger partial charge >= 0.3 is 12.0 Å². The molecule has 1 aromatic rings. The largest absolute Gasteiger partial charge is 0.478 e. The number of rotatable bonds is 4. The molecule has 1 aliphatic carbocycles. The Balaban J connectivity index is 1.85. The molecule has 6 heteroatoms.